The largest absolute Gasteiger partial charge is 0.364 e. The maximum Gasteiger partial charge on any atom is 0.364 e. The molecule has 0 bridgehead atoms. The number of hydrogen-bond acceptors (Lipinski definition) is 4. The van der Waals surface area contributed by atoms with E-state index in [2.05, 4.69) is 0 Å². The van der Waals surface area contributed by atoms with Crippen molar-refractivity contribution in [3.05, 3.63) is 108 Å². The molecule has 4 rings (SSSR count). The van der Waals surface area contributed by atoms with Crippen molar-refractivity contribution in [1.29, 1.82) is 0 Å². The van der Waals surface area contributed by atoms with Crippen LogP contribution >= 0.6 is 0 Å². The second-order valence-electron chi connectivity index (χ2n) is 7.18. The van der Waals surface area contributed by atoms with Crippen LogP contribution in [0.1, 0.15) is 17.0 Å². The monoisotopic (exact) mass is 448 g/mol. The van der Waals surface area contributed by atoms with Gasteiger partial charge in [0.05, 0.1) is 17.3 Å². The van der Waals surface area contributed by atoms with Crippen LogP contribution in [-0.4, -0.2) is 24.1 Å². The summed E-state index contributed by atoms with van der Waals surface area (Å²) >= 11 is 0. The summed E-state index contributed by atoms with van der Waals surface area (Å²) < 4.78 is 35.3. The van der Waals surface area contributed by atoms with Gasteiger partial charge in [0, 0.05) is 0 Å². The normalized spacial score (nSPS) is 12.3. The molecule has 0 aliphatic rings. The molecule has 0 spiro atoms. The molecule has 1 amide bonds. The first-order valence-corrected chi connectivity index (χ1v) is 11.1. The smallest absolute Gasteiger partial charge is 0.289 e. The fourth-order valence-electron chi connectivity index (χ4n) is 3.73. The molecular weight excluding hydrogens is 428 g/mol. The first-order valence-electron chi connectivity index (χ1n) is 9.74. The minimum absolute atomic E-state index is 0.197. The third-order valence-electron chi connectivity index (χ3n) is 5.16. The molecule has 0 fully saturated rings. The van der Waals surface area contributed by atoms with Crippen molar-refractivity contribution in [2.24, 2.45) is 0 Å². The van der Waals surface area contributed by atoms with Crippen molar-refractivity contribution in [2.45, 2.75) is 5.92 Å². The third kappa shape index (κ3) is 4.33. The van der Waals surface area contributed by atoms with E-state index < -0.39 is 22.1 Å². The van der Waals surface area contributed by atoms with E-state index in [0.717, 1.165) is 15.1 Å². The number of carbonyl (C=O) groups excluding carboxylic acids is 1. The Labute approximate surface area is 185 Å². The number of amides is 1. The third-order valence-corrected chi connectivity index (χ3v) is 6.05. The average Bonchev–Trinajstić information content (AvgIpc) is 2.80. The number of anilines is 2. The van der Waals surface area contributed by atoms with Gasteiger partial charge >= 0.3 is 10.3 Å². The molecule has 4 aromatic carbocycles. The Balaban J connectivity index is 1.76. The molecular formula is C24H20N2O5S. The molecule has 0 heterocycles. The molecule has 0 aliphatic heterocycles. The molecule has 1 atom stereocenters. The minimum atomic E-state index is -4.63. The van der Waals surface area contributed by atoms with Gasteiger partial charge in [-0.1, -0.05) is 72.8 Å². The number of nitrogens with one attached hydrogen (secondary N) is 1. The van der Waals surface area contributed by atoms with E-state index in [1.165, 1.54) is 12.1 Å². The highest BCUT2D eigenvalue weighted by Gasteiger charge is 2.25. The topological polar surface area (TPSA) is 107 Å². The standard InChI is InChI=1S/C24H20N2O5S/c27-24(25-28)23(18-7-2-1-3-8-18)19-11-13-21(14-12-19)26(32(29,30)31)22-15-10-17-6-4-5-9-20(17)16-22/h1-16,23,28H,(H,25,27)(H,29,30,31). The Kier molecular flexibility index (Phi) is 5.91. The second kappa shape index (κ2) is 8.80. The molecule has 0 saturated carbocycles. The Morgan fingerprint density at radius 2 is 1.31 bits per heavy atom. The van der Waals surface area contributed by atoms with Crippen LogP contribution in [0.3, 0.4) is 0 Å². The van der Waals surface area contributed by atoms with Crippen LogP contribution in [0.15, 0.2) is 97.1 Å². The summed E-state index contributed by atoms with van der Waals surface area (Å²) in [6.07, 6.45) is 0. The van der Waals surface area contributed by atoms with Crippen LogP contribution in [0.25, 0.3) is 10.8 Å². The first-order chi connectivity index (χ1) is 15.4. The van der Waals surface area contributed by atoms with Gasteiger partial charge in [-0.2, -0.15) is 8.42 Å². The van der Waals surface area contributed by atoms with Gasteiger partial charge in [0.2, 0.25) is 0 Å². The maximum absolute atomic E-state index is 12.3. The lowest BCUT2D eigenvalue weighted by Crippen LogP contribution is -2.27. The number of hydroxylamine groups is 1. The molecule has 0 aromatic heterocycles. The van der Waals surface area contributed by atoms with E-state index in [9.17, 15) is 23.0 Å². The average molecular weight is 449 g/mol. The molecule has 32 heavy (non-hydrogen) atoms. The molecule has 3 N–H and O–H groups in total. The zero-order chi connectivity index (χ0) is 22.7. The Morgan fingerprint density at radius 3 is 1.94 bits per heavy atom. The minimum Gasteiger partial charge on any atom is -0.289 e. The van der Waals surface area contributed by atoms with Crippen molar-refractivity contribution in [3.63, 3.8) is 0 Å². The molecule has 8 heteroatoms. The maximum atomic E-state index is 12.3. The summed E-state index contributed by atoms with van der Waals surface area (Å²) in [6, 6.07) is 27.6. The van der Waals surface area contributed by atoms with Crippen molar-refractivity contribution in [3.8, 4) is 0 Å². The predicted octanol–water partition coefficient (Wildman–Crippen LogP) is 4.42. The summed E-state index contributed by atoms with van der Waals surface area (Å²) in [6.45, 7) is 0. The number of benzene rings is 4. The predicted molar refractivity (Wildman–Crippen MR) is 122 cm³/mol. The van der Waals surface area contributed by atoms with Gasteiger partial charge in [0.25, 0.3) is 5.91 Å². The molecule has 162 valence electrons. The fourth-order valence-corrected chi connectivity index (χ4v) is 4.49. The first kappa shape index (κ1) is 21.5. The van der Waals surface area contributed by atoms with E-state index in [4.69, 9.17) is 0 Å². The summed E-state index contributed by atoms with van der Waals surface area (Å²) in [5.41, 5.74) is 3.35. The summed E-state index contributed by atoms with van der Waals surface area (Å²) in [5, 5.41) is 10.9. The van der Waals surface area contributed by atoms with E-state index in [1.54, 1.807) is 60.1 Å². The number of nitrogens with zero attached hydrogens (tertiary/aromatic N) is 1. The Hall–Kier alpha value is -3.72. The SMILES string of the molecule is O=C(NO)C(c1ccccc1)c1ccc(N(c2ccc3ccccc3c2)S(=O)(=O)O)cc1. The van der Waals surface area contributed by atoms with E-state index in [1.807, 2.05) is 30.3 Å². The molecule has 0 saturated heterocycles. The number of rotatable bonds is 6. The van der Waals surface area contributed by atoms with Crippen molar-refractivity contribution in [2.75, 3.05) is 4.31 Å². The fraction of sp³-hybridized carbons (Fsp3) is 0.0417. The van der Waals surface area contributed by atoms with Gasteiger partial charge in [-0.05, 0) is 46.2 Å². The highest BCUT2D eigenvalue weighted by atomic mass is 32.2. The summed E-state index contributed by atoms with van der Waals surface area (Å²) in [7, 11) is -4.63. The van der Waals surface area contributed by atoms with Crippen LogP contribution < -0.4 is 9.79 Å². The lowest BCUT2D eigenvalue weighted by atomic mass is 9.90. The van der Waals surface area contributed by atoms with E-state index in [0.29, 0.717) is 11.1 Å². The van der Waals surface area contributed by atoms with Gasteiger partial charge in [-0.15, -0.1) is 0 Å². The number of hydrogen-bond donors (Lipinski definition) is 3. The van der Waals surface area contributed by atoms with E-state index in [-0.39, 0.29) is 11.4 Å². The quantitative estimate of drug-likeness (QED) is 0.230. The number of fused-ring (bicyclic) bond motifs is 1. The van der Waals surface area contributed by atoms with Crippen LogP contribution in [-0.2, 0) is 15.1 Å². The van der Waals surface area contributed by atoms with Gasteiger partial charge in [-0.25, -0.2) is 9.79 Å². The highest BCUT2D eigenvalue weighted by molar-refractivity contribution is 7.87. The zero-order valence-electron chi connectivity index (χ0n) is 16.8. The van der Waals surface area contributed by atoms with Crippen LogP contribution in [0.4, 0.5) is 11.4 Å². The molecule has 0 radical (unpaired) electrons. The Morgan fingerprint density at radius 1 is 0.750 bits per heavy atom. The van der Waals surface area contributed by atoms with Crippen molar-refractivity contribution < 1.29 is 23.0 Å². The van der Waals surface area contributed by atoms with Crippen molar-refractivity contribution >= 4 is 38.4 Å². The number of carbonyl (C=O) groups is 1. The molecule has 1 unspecified atom stereocenters. The van der Waals surface area contributed by atoms with Crippen LogP contribution in [0, 0.1) is 0 Å². The lowest BCUT2D eigenvalue weighted by Gasteiger charge is -2.22. The van der Waals surface area contributed by atoms with Gasteiger partial charge < -0.3 is 0 Å². The molecule has 0 aliphatic carbocycles. The van der Waals surface area contributed by atoms with Crippen LogP contribution in [0.2, 0.25) is 0 Å². The second-order valence-corrected chi connectivity index (χ2v) is 8.45. The molecule has 7 nitrogen and oxygen atoms in total. The lowest BCUT2D eigenvalue weighted by molar-refractivity contribution is -0.129. The van der Waals surface area contributed by atoms with Gasteiger partial charge in [0.1, 0.15) is 0 Å². The zero-order valence-corrected chi connectivity index (χ0v) is 17.6. The summed E-state index contributed by atoms with van der Waals surface area (Å²) in [4.78, 5) is 12.3. The summed E-state index contributed by atoms with van der Waals surface area (Å²) in [5.74, 6) is -1.42. The highest BCUT2D eigenvalue weighted by Crippen LogP contribution is 2.33. The van der Waals surface area contributed by atoms with Gasteiger partial charge in [-0.3, -0.25) is 14.6 Å². The van der Waals surface area contributed by atoms with Gasteiger partial charge in [0.15, 0.2) is 0 Å². The molecule has 4 aromatic rings. The Bertz CT molecular complexity index is 1360. The van der Waals surface area contributed by atoms with E-state index >= 15 is 0 Å². The van der Waals surface area contributed by atoms with Crippen molar-refractivity contribution in [1.82, 2.24) is 5.48 Å². The van der Waals surface area contributed by atoms with Crippen LogP contribution in [0.5, 0.6) is 0 Å².